The first-order valence-electron chi connectivity index (χ1n) is 5.66. The van der Waals surface area contributed by atoms with Gasteiger partial charge in [0.25, 0.3) is 0 Å². The highest BCUT2D eigenvalue weighted by atomic mass is 16.3. The molecule has 2 rings (SSSR count). The van der Waals surface area contributed by atoms with Gasteiger partial charge in [-0.3, -0.25) is 4.79 Å². The average Bonchev–Trinajstić information content (AvgIpc) is 2.69. The van der Waals surface area contributed by atoms with Gasteiger partial charge in [-0.05, 0) is 25.1 Å². The van der Waals surface area contributed by atoms with E-state index < -0.39 is 0 Å². The molecule has 0 spiro atoms. The van der Waals surface area contributed by atoms with Gasteiger partial charge in [0.2, 0.25) is 5.91 Å². The Labute approximate surface area is 105 Å². The predicted octanol–water partition coefficient (Wildman–Crippen LogP) is 3.21. The van der Waals surface area contributed by atoms with Crippen molar-refractivity contribution in [1.82, 2.24) is 4.98 Å². The second-order valence-electron chi connectivity index (χ2n) is 3.79. The van der Waals surface area contributed by atoms with Gasteiger partial charge in [0.1, 0.15) is 5.52 Å². The number of carbonyl (C=O) groups excluding carboxylic acids is 1. The molecule has 2 aromatic rings. The van der Waals surface area contributed by atoms with Crippen molar-refractivity contribution < 1.29 is 9.21 Å². The zero-order valence-electron chi connectivity index (χ0n) is 10.3. The first-order chi connectivity index (χ1) is 8.69. The maximum absolute atomic E-state index is 11.6. The van der Waals surface area contributed by atoms with Crippen LogP contribution in [0.2, 0.25) is 0 Å². The van der Waals surface area contributed by atoms with E-state index in [0.717, 1.165) is 11.1 Å². The van der Waals surface area contributed by atoms with E-state index in [-0.39, 0.29) is 5.91 Å². The summed E-state index contributed by atoms with van der Waals surface area (Å²) in [6.45, 7) is 3.68. The molecule has 1 aromatic heterocycles. The van der Waals surface area contributed by atoms with Crippen molar-refractivity contribution in [2.45, 2.75) is 13.8 Å². The minimum atomic E-state index is -0.173. The van der Waals surface area contributed by atoms with Crippen molar-refractivity contribution in [3.63, 3.8) is 0 Å². The number of oxazole rings is 1. The smallest absolute Gasteiger partial charge is 0.248 e. The van der Waals surface area contributed by atoms with Gasteiger partial charge in [-0.1, -0.05) is 18.2 Å². The average molecular weight is 242 g/mol. The molecule has 1 heterocycles. The number of nitrogens with one attached hydrogen (secondary N) is 1. The van der Waals surface area contributed by atoms with E-state index in [2.05, 4.69) is 10.3 Å². The number of hydrogen-bond acceptors (Lipinski definition) is 3. The van der Waals surface area contributed by atoms with Gasteiger partial charge in [0, 0.05) is 18.7 Å². The minimum Gasteiger partial charge on any atom is -0.441 e. The number of aryl methyl sites for hydroxylation is 1. The molecule has 0 unspecified atom stereocenters. The Balaban J connectivity index is 2.14. The van der Waals surface area contributed by atoms with Crippen LogP contribution in [0.5, 0.6) is 0 Å². The largest absolute Gasteiger partial charge is 0.441 e. The van der Waals surface area contributed by atoms with Crippen LogP contribution in [-0.4, -0.2) is 10.9 Å². The summed E-state index contributed by atoms with van der Waals surface area (Å²) >= 11 is 0. The fraction of sp³-hybridized carbons (Fsp3) is 0.143. The molecule has 92 valence electrons. The molecule has 0 bridgehead atoms. The Morgan fingerprint density at radius 2 is 2.22 bits per heavy atom. The molecule has 0 fully saturated rings. The van der Waals surface area contributed by atoms with Crippen LogP contribution >= 0.6 is 0 Å². The van der Waals surface area contributed by atoms with Crippen LogP contribution in [0, 0.1) is 6.92 Å². The van der Waals surface area contributed by atoms with Gasteiger partial charge in [-0.15, -0.1) is 0 Å². The SMILES string of the molecule is C/C=C/C=C/C(=O)Nc1ccc2oc(C)nc2c1. The fourth-order valence-electron chi connectivity index (χ4n) is 1.56. The third-order valence-electron chi connectivity index (χ3n) is 2.31. The summed E-state index contributed by atoms with van der Waals surface area (Å²) in [5.41, 5.74) is 2.16. The number of rotatable bonds is 3. The van der Waals surface area contributed by atoms with Crippen LogP contribution in [-0.2, 0) is 4.79 Å². The van der Waals surface area contributed by atoms with Crippen molar-refractivity contribution in [3.05, 3.63) is 48.4 Å². The van der Waals surface area contributed by atoms with Crippen molar-refractivity contribution in [2.24, 2.45) is 0 Å². The highest BCUT2D eigenvalue weighted by Crippen LogP contribution is 2.19. The molecule has 0 aliphatic heterocycles. The lowest BCUT2D eigenvalue weighted by Gasteiger charge is -2.00. The van der Waals surface area contributed by atoms with Gasteiger partial charge in [-0.25, -0.2) is 4.98 Å². The molecule has 0 aliphatic carbocycles. The number of carbonyl (C=O) groups is 1. The van der Waals surface area contributed by atoms with Gasteiger partial charge >= 0.3 is 0 Å². The summed E-state index contributed by atoms with van der Waals surface area (Å²) in [6.07, 6.45) is 6.81. The molecule has 4 nitrogen and oxygen atoms in total. The zero-order valence-corrected chi connectivity index (χ0v) is 10.3. The first kappa shape index (κ1) is 12.1. The van der Waals surface area contributed by atoms with E-state index in [1.54, 1.807) is 37.3 Å². The first-order valence-corrected chi connectivity index (χ1v) is 5.66. The van der Waals surface area contributed by atoms with E-state index >= 15 is 0 Å². The minimum absolute atomic E-state index is 0.173. The number of anilines is 1. The summed E-state index contributed by atoms with van der Waals surface area (Å²) in [5.74, 6) is 0.439. The van der Waals surface area contributed by atoms with Crippen molar-refractivity contribution in [1.29, 1.82) is 0 Å². The lowest BCUT2D eigenvalue weighted by atomic mass is 10.3. The lowest BCUT2D eigenvalue weighted by Crippen LogP contribution is -2.07. The second kappa shape index (κ2) is 5.31. The molecule has 4 heteroatoms. The van der Waals surface area contributed by atoms with Gasteiger partial charge < -0.3 is 9.73 Å². The number of benzene rings is 1. The fourth-order valence-corrected chi connectivity index (χ4v) is 1.56. The molecule has 0 radical (unpaired) electrons. The van der Waals surface area contributed by atoms with Crippen LogP contribution in [0.15, 0.2) is 46.9 Å². The summed E-state index contributed by atoms with van der Waals surface area (Å²) in [7, 11) is 0. The number of fused-ring (bicyclic) bond motifs is 1. The topological polar surface area (TPSA) is 55.1 Å². The lowest BCUT2D eigenvalue weighted by molar-refractivity contribution is -0.111. The van der Waals surface area contributed by atoms with Crippen LogP contribution < -0.4 is 5.32 Å². The second-order valence-corrected chi connectivity index (χ2v) is 3.79. The molecule has 0 aliphatic rings. The Hall–Kier alpha value is -2.36. The maximum Gasteiger partial charge on any atom is 0.248 e. The van der Waals surface area contributed by atoms with Gasteiger partial charge in [-0.2, -0.15) is 0 Å². The molecular formula is C14H14N2O2. The maximum atomic E-state index is 11.6. The summed E-state index contributed by atoms with van der Waals surface area (Å²) in [4.78, 5) is 15.8. The predicted molar refractivity (Wildman–Crippen MR) is 71.3 cm³/mol. The molecule has 1 amide bonds. The van der Waals surface area contributed by atoms with E-state index in [1.807, 2.05) is 13.0 Å². The van der Waals surface area contributed by atoms with Gasteiger partial charge in [0.05, 0.1) is 0 Å². The van der Waals surface area contributed by atoms with Crippen LogP contribution in [0.1, 0.15) is 12.8 Å². The van der Waals surface area contributed by atoms with E-state index in [0.29, 0.717) is 11.6 Å². The summed E-state index contributed by atoms with van der Waals surface area (Å²) in [5, 5.41) is 2.76. The Morgan fingerprint density at radius 1 is 1.39 bits per heavy atom. The number of amides is 1. The Kier molecular flexibility index (Phi) is 3.57. The highest BCUT2D eigenvalue weighted by Gasteiger charge is 2.04. The quantitative estimate of drug-likeness (QED) is 0.664. The number of hydrogen-bond donors (Lipinski definition) is 1. The van der Waals surface area contributed by atoms with Crippen LogP contribution in [0.3, 0.4) is 0 Å². The van der Waals surface area contributed by atoms with Crippen LogP contribution in [0.4, 0.5) is 5.69 Å². The molecule has 1 N–H and O–H groups in total. The number of nitrogens with zero attached hydrogens (tertiary/aromatic N) is 1. The molecule has 0 saturated carbocycles. The molecule has 1 aromatic carbocycles. The molecular weight excluding hydrogens is 228 g/mol. The highest BCUT2D eigenvalue weighted by molar-refractivity contribution is 6.00. The number of aromatic nitrogens is 1. The monoisotopic (exact) mass is 242 g/mol. The normalized spacial score (nSPS) is 11.7. The molecule has 0 atom stereocenters. The zero-order chi connectivity index (χ0) is 13.0. The van der Waals surface area contributed by atoms with Crippen molar-refractivity contribution in [3.8, 4) is 0 Å². The standard InChI is InChI=1S/C14H14N2O2/c1-3-4-5-6-14(17)16-11-7-8-13-12(9-11)15-10(2)18-13/h3-9H,1-2H3,(H,16,17)/b4-3+,6-5+. The van der Waals surface area contributed by atoms with E-state index in [4.69, 9.17) is 4.42 Å². The Bertz CT molecular complexity index is 624. The molecule has 0 saturated heterocycles. The van der Waals surface area contributed by atoms with E-state index in [1.165, 1.54) is 6.08 Å². The number of allylic oxidation sites excluding steroid dienone is 3. The van der Waals surface area contributed by atoms with Crippen LogP contribution in [0.25, 0.3) is 11.1 Å². The third-order valence-corrected chi connectivity index (χ3v) is 2.31. The summed E-state index contributed by atoms with van der Waals surface area (Å²) < 4.78 is 5.36. The van der Waals surface area contributed by atoms with Crippen molar-refractivity contribution in [2.75, 3.05) is 5.32 Å². The third kappa shape index (κ3) is 2.85. The Morgan fingerprint density at radius 3 is 3.00 bits per heavy atom. The van der Waals surface area contributed by atoms with E-state index in [9.17, 15) is 4.79 Å². The summed E-state index contributed by atoms with van der Waals surface area (Å²) in [6, 6.07) is 5.36. The van der Waals surface area contributed by atoms with Gasteiger partial charge in [0.15, 0.2) is 11.5 Å². The molecule has 18 heavy (non-hydrogen) atoms. The van der Waals surface area contributed by atoms with Crippen molar-refractivity contribution >= 4 is 22.7 Å².